The molecular weight excluding hydrogens is 322 g/mol. The van der Waals surface area contributed by atoms with Crippen LogP contribution in [0.15, 0.2) is 15.5 Å². The lowest BCUT2D eigenvalue weighted by atomic mass is 9.87. The van der Waals surface area contributed by atoms with E-state index < -0.39 is 5.54 Å². The van der Waals surface area contributed by atoms with Crippen molar-refractivity contribution in [3.8, 4) is 11.5 Å². The number of ether oxygens (including phenoxy) is 2. The van der Waals surface area contributed by atoms with Crippen LogP contribution in [0, 0.1) is 6.92 Å². The average molecular weight is 340 g/mol. The Kier molecular flexibility index (Phi) is 4.51. The number of nitrogens with zero attached hydrogens (tertiary/aromatic N) is 1. The number of carbonyl (C=O) groups excluding carboxylic acids is 1. The van der Waals surface area contributed by atoms with Crippen LogP contribution in [-0.4, -0.2) is 20.3 Å². The molecule has 1 fully saturated rings. The van der Waals surface area contributed by atoms with Crippen molar-refractivity contribution in [2.45, 2.75) is 38.1 Å². The summed E-state index contributed by atoms with van der Waals surface area (Å²) in [5, 5.41) is 0. The highest BCUT2D eigenvalue weighted by Gasteiger charge is 2.41. The molecule has 0 spiro atoms. The predicted octanol–water partition coefficient (Wildman–Crippen LogP) is 3.88. The molecule has 2 rings (SSSR count). The zero-order valence-electron chi connectivity index (χ0n) is 12.0. The van der Waals surface area contributed by atoms with E-state index in [0.717, 1.165) is 41.3 Å². The fourth-order valence-corrected chi connectivity index (χ4v) is 3.64. The SMILES string of the molecule is COc1cc(C)c(Br)c(C2(N=C=O)CCCC2)c1OC. The first-order chi connectivity index (χ1) is 9.59. The van der Waals surface area contributed by atoms with Gasteiger partial charge in [0.15, 0.2) is 11.5 Å². The van der Waals surface area contributed by atoms with Crippen LogP contribution in [0.4, 0.5) is 0 Å². The summed E-state index contributed by atoms with van der Waals surface area (Å²) < 4.78 is 11.9. The van der Waals surface area contributed by atoms with Crippen molar-refractivity contribution in [1.82, 2.24) is 0 Å². The largest absolute Gasteiger partial charge is 0.493 e. The molecule has 0 heterocycles. The van der Waals surface area contributed by atoms with Gasteiger partial charge in [-0.25, -0.2) is 4.79 Å². The molecule has 0 unspecified atom stereocenters. The third kappa shape index (κ3) is 2.36. The van der Waals surface area contributed by atoms with Gasteiger partial charge in [-0.05, 0) is 31.4 Å². The van der Waals surface area contributed by atoms with Crippen LogP contribution in [0.3, 0.4) is 0 Å². The van der Waals surface area contributed by atoms with Crippen molar-refractivity contribution in [3.05, 3.63) is 21.7 Å². The Balaban J connectivity index is 2.76. The molecule has 1 aliphatic rings. The second-order valence-corrected chi connectivity index (χ2v) is 5.85. The standard InChI is InChI=1S/C15H18BrNO3/c1-10-8-11(19-2)14(20-3)12(13(10)16)15(17-9-18)6-4-5-7-15/h8H,4-7H2,1-3H3. The van der Waals surface area contributed by atoms with E-state index in [9.17, 15) is 4.79 Å². The van der Waals surface area contributed by atoms with Gasteiger partial charge < -0.3 is 9.47 Å². The summed E-state index contributed by atoms with van der Waals surface area (Å²) in [5.74, 6) is 1.31. The molecule has 1 aliphatic carbocycles. The summed E-state index contributed by atoms with van der Waals surface area (Å²) in [5.41, 5.74) is 1.38. The minimum Gasteiger partial charge on any atom is -0.493 e. The molecule has 0 amide bonds. The maximum atomic E-state index is 10.9. The predicted molar refractivity (Wildman–Crippen MR) is 80.3 cm³/mol. The van der Waals surface area contributed by atoms with E-state index >= 15 is 0 Å². The van der Waals surface area contributed by atoms with Gasteiger partial charge in [-0.2, -0.15) is 4.99 Å². The Morgan fingerprint density at radius 2 is 1.95 bits per heavy atom. The number of hydrogen-bond acceptors (Lipinski definition) is 4. The van der Waals surface area contributed by atoms with Crippen LogP contribution in [0.25, 0.3) is 0 Å². The Morgan fingerprint density at radius 1 is 1.30 bits per heavy atom. The van der Waals surface area contributed by atoms with Crippen molar-refractivity contribution in [1.29, 1.82) is 0 Å². The van der Waals surface area contributed by atoms with Crippen LogP contribution < -0.4 is 9.47 Å². The first-order valence-corrected chi connectivity index (χ1v) is 7.39. The third-order valence-electron chi connectivity index (χ3n) is 3.94. The summed E-state index contributed by atoms with van der Waals surface area (Å²) in [4.78, 5) is 15.1. The number of benzene rings is 1. The maximum Gasteiger partial charge on any atom is 0.235 e. The van der Waals surface area contributed by atoms with E-state index in [-0.39, 0.29) is 0 Å². The highest BCUT2D eigenvalue weighted by molar-refractivity contribution is 9.10. The molecule has 0 atom stereocenters. The van der Waals surface area contributed by atoms with Crippen molar-refractivity contribution >= 4 is 22.0 Å². The molecule has 108 valence electrons. The van der Waals surface area contributed by atoms with Crippen LogP contribution >= 0.6 is 15.9 Å². The Labute approximate surface area is 127 Å². The molecular formula is C15H18BrNO3. The number of aryl methyl sites for hydroxylation is 1. The van der Waals surface area contributed by atoms with Gasteiger partial charge in [0.25, 0.3) is 0 Å². The summed E-state index contributed by atoms with van der Waals surface area (Å²) in [6.45, 7) is 1.99. The number of hydrogen-bond donors (Lipinski definition) is 0. The van der Waals surface area contributed by atoms with Gasteiger partial charge in [0.1, 0.15) is 5.54 Å². The second kappa shape index (κ2) is 5.98. The Hall–Kier alpha value is -1.32. The Morgan fingerprint density at radius 3 is 2.45 bits per heavy atom. The number of isocyanates is 1. The van der Waals surface area contributed by atoms with Crippen LogP contribution in [0.5, 0.6) is 11.5 Å². The molecule has 0 aromatic heterocycles. The Bertz CT molecular complexity index is 559. The van der Waals surface area contributed by atoms with Gasteiger partial charge in [0.05, 0.1) is 14.2 Å². The van der Waals surface area contributed by atoms with Crippen LogP contribution in [0.2, 0.25) is 0 Å². The second-order valence-electron chi connectivity index (χ2n) is 5.06. The third-order valence-corrected chi connectivity index (χ3v) is 4.97. The lowest BCUT2D eigenvalue weighted by Crippen LogP contribution is -2.21. The lowest BCUT2D eigenvalue weighted by molar-refractivity contribution is 0.336. The number of rotatable bonds is 4. The average Bonchev–Trinajstić information content (AvgIpc) is 2.90. The molecule has 0 N–H and O–H groups in total. The quantitative estimate of drug-likeness (QED) is 0.617. The molecule has 0 bridgehead atoms. The minimum atomic E-state index is -0.550. The van der Waals surface area contributed by atoms with Gasteiger partial charge in [-0.1, -0.05) is 28.8 Å². The van der Waals surface area contributed by atoms with E-state index in [1.165, 1.54) is 0 Å². The molecule has 0 aliphatic heterocycles. The molecule has 20 heavy (non-hydrogen) atoms. The van der Waals surface area contributed by atoms with Crippen molar-refractivity contribution in [2.24, 2.45) is 4.99 Å². The fraction of sp³-hybridized carbons (Fsp3) is 0.533. The zero-order chi connectivity index (χ0) is 14.8. The number of aliphatic imine (C=N–C) groups is 1. The molecule has 4 nitrogen and oxygen atoms in total. The van der Waals surface area contributed by atoms with E-state index in [1.54, 1.807) is 20.3 Å². The summed E-state index contributed by atoms with van der Waals surface area (Å²) in [7, 11) is 3.22. The maximum absolute atomic E-state index is 10.9. The lowest BCUT2D eigenvalue weighted by Gasteiger charge is -2.28. The molecule has 5 heteroatoms. The first-order valence-electron chi connectivity index (χ1n) is 6.60. The van der Waals surface area contributed by atoms with Gasteiger partial charge in [0.2, 0.25) is 6.08 Å². The summed E-state index contributed by atoms with van der Waals surface area (Å²) in [6.07, 6.45) is 5.47. The number of methoxy groups -OCH3 is 2. The molecule has 0 saturated heterocycles. The van der Waals surface area contributed by atoms with Crippen molar-refractivity contribution in [2.75, 3.05) is 14.2 Å². The topological polar surface area (TPSA) is 47.9 Å². The van der Waals surface area contributed by atoms with Gasteiger partial charge in [-0.15, -0.1) is 0 Å². The fourth-order valence-electron chi connectivity index (χ4n) is 2.98. The summed E-state index contributed by atoms with van der Waals surface area (Å²) >= 11 is 3.63. The van der Waals surface area contributed by atoms with Crippen LogP contribution in [0.1, 0.15) is 36.8 Å². The first kappa shape index (κ1) is 15.1. The normalized spacial score (nSPS) is 16.6. The van der Waals surface area contributed by atoms with E-state index in [4.69, 9.17) is 9.47 Å². The van der Waals surface area contributed by atoms with Gasteiger partial charge >= 0.3 is 0 Å². The number of halogens is 1. The smallest absolute Gasteiger partial charge is 0.235 e. The molecule has 1 aromatic carbocycles. The van der Waals surface area contributed by atoms with Gasteiger partial charge in [0, 0.05) is 10.0 Å². The van der Waals surface area contributed by atoms with Crippen LogP contribution in [-0.2, 0) is 10.3 Å². The zero-order valence-corrected chi connectivity index (χ0v) is 13.5. The highest BCUT2D eigenvalue weighted by Crippen LogP contribution is 2.52. The van der Waals surface area contributed by atoms with E-state index in [1.807, 2.05) is 13.0 Å². The minimum absolute atomic E-state index is 0.550. The van der Waals surface area contributed by atoms with Gasteiger partial charge in [-0.3, -0.25) is 0 Å². The monoisotopic (exact) mass is 339 g/mol. The van der Waals surface area contributed by atoms with E-state index in [2.05, 4.69) is 20.9 Å². The summed E-state index contributed by atoms with van der Waals surface area (Å²) in [6, 6.07) is 1.92. The molecule has 0 radical (unpaired) electrons. The highest BCUT2D eigenvalue weighted by atomic mass is 79.9. The van der Waals surface area contributed by atoms with E-state index in [0.29, 0.717) is 11.5 Å². The van der Waals surface area contributed by atoms with Crippen molar-refractivity contribution < 1.29 is 14.3 Å². The molecule has 1 saturated carbocycles. The van der Waals surface area contributed by atoms with Crippen molar-refractivity contribution in [3.63, 3.8) is 0 Å². The molecule has 1 aromatic rings.